The zero-order chi connectivity index (χ0) is 21.1. The number of unbranched alkanes of at least 4 members (excludes halogenated alkanes) is 1. The Bertz CT molecular complexity index is 614. The summed E-state index contributed by atoms with van der Waals surface area (Å²) in [5.74, 6) is -0.853. The second-order valence-corrected chi connectivity index (χ2v) is 7.80. The summed E-state index contributed by atoms with van der Waals surface area (Å²) in [6.07, 6.45) is 12.7. The fourth-order valence-corrected chi connectivity index (χ4v) is 3.02. The molecular formula is C24H36O4. The summed E-state index contributed by atoms with van der Waals surface area (Å²) < 4.78 is 5.68. The molecule has 28 heavy (non-hydrogen) atoms. The van der Waals surface area contributed by atoms with E-state index in [0.717, 1.165) is 24.8 Å². The molecule has 4 heteroatoms. The number of cyclic esters (lactones) is 1. The van der Waals surface area contributed by atoms with Gasteiger partial charge in [0.2, 0.25) is 0 Å². The SMILES string of the molecule is C=C1CC/C=C/C(=O)[C@H](C)/C=C/[C@@H](O)C([C@H](C)/C=C/CCC)OC(=O)C[C@H]1C. The molecular weight excluding hydrogens is 352 g/mol. The van der Waals surface area contributed by atoms with Crippen LogP contribution in [0.3, 0.4) is 0 Å². The highest BCUT2D eigenvalue weighted by atomic mass is 16.6. The highest BCUT2D eigenvalue weighted by molar-refractivity contribution is 5.92. The Labute approximate surface area is 170 Å². The van der Waals surface area contributed by atoms with Gasteiger partial charge >= 0.3 is 5.97 Å². The van der Waals surface area contributed by atoms with Crippen molar-refractivity contribution in [2.75, 3.05) is 0 Å². The van der Waals surface area contributed by atoms with Gasteiger partial charge in [0.1, 0.15) is 12.2 Å². The summed E-state index contributed by atoms with van der Waals surface area (Å²) in [7, 11) is 0. The van der Waals surface area contributed by atoms with Crippen LogP contribution in [0, 0.1) is 17.8 Å². The van der Waals surface area contributed by atoms with Gasteiger partial charge in [0.25, 0.3) is 0 Å². The first-order chi connectivity index (χ1) is 13.3. The van der Waals surface area contributed by atoms with E-state index in [2.05, 4.69) is 13.5 Å². The Morgan fingerprint density at radius 3 is 2.71 bits per heavy atom. The molecule has 4 nitrogen and oxygen atoms in total. The van der Waals surface area contributed by atoms with Crippen LogP contribution < -0.4 is 0 Å². The zero-order valence-corrected chi connectivity index (χ0v) is 17.8. The van der Waals surface area contributed by atoms with E-state index in [9.17, 15) is 14.7 Å². The maximum atomic E-state index is 12.5. The van der Waals surface area contributed by atoms with Crippen molar-refractivity contribution in [1.29, 1.82) is 0 Å². The highest BCUT2D eigenvalue weighted by Crippen LogP contribution is 2.22. The number of carbonyl (C=O) groups excluding carboxylic acids is 2. The van der Waals surface area contributed by atoms with Crippen LogP contribution >= 0.6 is 0 Å². The molecule has 156 valence electrons. The van der Waals surface area contributed by atoms with Crippen LogP contribution in [0.15, 0.2) is 48.6 Å². The Morgan fingerprint density at radius 1 is 1.32 bits per heavy atom. The molecule has 0 aromatic carbocycles. The first kappa shape index (κ1) is 24.1. The largest absolute Gasteiger partial charge is 0.459 e. The van der Waals surface area contributed by atoms with Gasteiger partial charge in [0.05, 0.1) is 6.42 Å². The quantitative estimate of drug-likeness (QED) is 0.547. The fraction of sp³-hybridized carbons (Fsp3) is 0.583. The van der Waals surface area contributed by atoms with Crippen molar-refractivity contribution < 1.29 is 19.4 Å². The van der Waals surface area contributed by atoms with E-state index in [4.69, 9.17) is 4.74 Å². The topological polar surface area (TPSA) is 63.6 Å². The number of hydrogen-bond donors (Lipinski definition) is 1. The standard InChI is InChI=1S/C24H36O4/c1-6-7-8-12-19(4)24-22(26)15-14-18(3)21(25)13-10-9-11-17(2)20(5)16-23(27)28-24/h8,10,12-15,18-20,22,24,26H,2,6-7,9,11,16H2,1,3-5H3/b12-8+,13-10+,15-14+/t18-,19-,20-,22-,24?/m1/s1. The van der Waals surface area contributed by atoms with Gasteiger partial charge in [0, 0.05) is 11.8 Å². The van der Waals surface area contributed by atoms with E-state index in [1.54, 1.807) is 25.2 Å². The molecule has 0 bridgehead atoms. The van der Waals surface area contributed by atoms with Crippen LogP contribution in [0.2, 0.25) is 0 Å². The van der Waals surface area contributed by atoms with Crippen LogP contribution in [0.4, 0.5) is 0 Å². The number of allylic oxidation sites excluding steroid dienone is 5. The summed E-state index contributed by atoms with van der Waals surface area (Å²) in [6, 6.07) is 0. The van der Waals surface area contributed by atoms with Crippen molar-refractivity contribution in [2.45, 2.75) is 72.0 Å². The number of esters is 1. The smallest absolute Gasteiger partial charge is 0.306 e. The average Bonchev–Trinajstić information content (AvgIpc) is 2.66. The maximum absolute atomic E-state index is 12.5. The third kappa shape index (κ3) is 8.39. The number of aliphatic hydroxyl groups is 1. The number of hydrogen-bond acceptors (Lipinski definition) is 4. The number of aliphatic hydroxyl groups excluding tert-OH is 1. The van der Waals surface area contributed by atoms with Crippen molar-refractivity contribution in [1.82, 2.24) is 0 Å². The van der Waals surface area contributed by atoms with E-state index < -0.39 is 12.2 Å². The number of ketones is 1. The number of rotatable bonds is 4. The molecule has 1 aliphatic heterocycles. The lowest BCUT2D eigenvalue weighted by Crippen LogP contribution is -2.35. The summed E-state index contributed by atoms with van der Waals surface area (Å²) in [5.41, 5.74) is 0.961. The minimum Gasteiger partial charge on any atom is -0.459 e. The Balaban J connectivity index is 3.08. The second-order valence-electron chi connectivity index (χ2n) is 7.80. The van der Waals surface area contributed by atoms with Crippen LogP contribution in [0.25, 0.3) is 0 Å². The molecule has 1 aliphatic rings. The second kappa shape index (κ2) is 12.5. The summed E-state index contributed by atoms with van der Waals surface area (Å²) in [4.78, 5) is 24.7. The molecule has 0 aromatic rings. The third-order valence-electron chi connectivity index (χ3n) is 5.15. The summed E-state index contributed by atoms with van der Waals surface area (Å²) >= 11 is 0. The lowest BCUT2D eigenvalue weighted by Gasteiger charge is -2.26. The monoisotopic (exact) mass is 388 g/mol. The van der Waals surface area contributed by atoms with Gasteiger partial charge in [-0.05, 0) is 31.3 Å². The maximum Gasteiger partial charge on any atom is 0.306 e. The van der Waals surface area contributed by atoms with Crippen LogP contribution in [-0.4, -0.2) is 29.1 Å². The molecule has 0 radical (unpaired) electrons. The highest BCUT2D eigenvalue weighted by Gasteiger charge is 2.27. The number of ether oxygens (including phenoxy) is 1. The molecule has 0 aliphatic carbocycles. The van der Waals surface area contributed by atoms with Gasteiger partial charge in [-0.1, -0.05) is 76.6 Å². The predicted octanol–water partition coefficient (Wildman–Crippen LogP) is 4.95. The van der Waals surface area contributed by atoms with Gasteiger partial charge in [-0.3, -0.25) is 9.59 Å². The molecule has 5 atom stereocenters. The van der Waals surface area contributed by atoms with E-state index >= 15 is 0 Å². The van der Waals surface area contributed by atoms with Crippen molar-refractivity contribution in [3.05, 3.63) is 48.6 Å². The lowest BCUT2D eigenvalue weighted by molar-refractivity contribution is -0.156. The molecule has 0 amide bonds. The molecule has 0 spiro atoms. The summed E-state index contributed by atoms with van der Waals surface area (Å²) in [6.45, 7) is 11.8. The first-order valence-electron chi connectivity index (χ1n) is 10.4. The Morgan fingerprint density at radius 2 is 2.04 bits per heavy atom. The van der Waals surface area contributed by atoms with Crippen molar-refractivity contribution >= 4 is 11.8 Å². The van der Waals surface area contributed by atoms with Gasteiger partial charge < -0.3 is 9.84 Å². The molecule has 1 rings (SSSR count). The zero-order valence-electron chi connectivity index (χ0n) is 17.8. The third-order valence-corrected chi connectivity index (χ3v) is 5.15. The van der Waals surface area contributed by atoms with E-state index in [0.29, 0.717) is 6.42 Å². The van der Waals surface area contributed by atoms with Crippen LogP contribution in [-0.2, 0) is 14.3 Å². The van der Waals surface area contributed by atoms with Crippen molar-refractivity contribution in [3.63, 3.8) is 0 Å². The molecule has 1 heterocycles. The lowest BCUT2D eigenvalue weighted by atomic mass is 9.94. The van der Waals surface area contributed by atoms with Crippen molar-refractivity contribution in [2.24, 2.45) is 17.8 Å². The molecule has 0 fully saturated rings. The van der Waals surface area contributed by atoms with Gasteiger partial charge in [-0.15, -0.1) is 0 Å². The fourth-order valence-electron chi connectivity index (χ4n) is 3.02. The molecule has 1 unspecified atom stereocenters. The molecule has 0 saturated heterocycles. The molecule has 1 N–H and O–H groups in total. The first-order valence-corrected chi connectivity index (χ1v) is 10.4. The average molecular weight is 389 g/mol. The Kier molecular flexibility index (Phi) is 10.8. The molecule has 0 aromatic heterocycles. The van der Waals surface area contributed by atoms with E-state index in [1.807, 2.05) is 32.1 Å². The van der Waals surface area contributed by atoms with Crippen LogP contribution in [0.5, 0.6) is 0 Å². The van der Waals surface area contributed by atoms with Gasteiger partial charge in [-0.2, -0.15) is 0 Å². The van der Waals surface area contributed by atoms with Gasteiger partial charge in [-0.25, -0.2) is 0 Å². The van der Waals surface area contributed by atoms with Gasteiger partial charge in [0.15, 0.2) is 5.78 Å². The minimum absolute atomic E-state index is 0.0126. The van der Waals surface area contributed by atoms with E-state index in [-0.39, 0.29) is 35.9 Å². The Hall–Kier alpha value is -1.94. The van der Waals surface area contributed by atoms with E-state index in [1.165, 1.54) is 0 Å². The van der Waals surface area contributed by atoms with Crippen LogP contribution in [0.1, 0.15) is 59.8 Å². The summed E-state index contributed by atoms with van der Waals surface area (Å²) in [5, 5.41) is 10.7. The predicted molar refractivity (Wildman–Crippen MR) is 114 cm³/mol. The van der Waals surface area contributed by atoms with Crippen molar-refractivity contribution in [3.8, 4) is 0 Å². The normalized spacial score (nSPS) is 31.7. The number of carbonyl (C=O) groups is 2. The molecule has 0 saturated carbocycles. The minimum atomic E-state index is -0.979.